The molecule has 0 fully saturated rings. The molecule has 1 unspecified atom stereocenters. The van der Waals surface area contributed by atoms with Crippen LogP contribution in [0.3, 0.4) is 0 Å². The number of nitrogens with one attached hydrogen (secondary N) is 1. The largest absolute Gasteiger partial charge is 0.481 e. The van der Waals surface area contributed by atoms with Gasteiger partial charge in [0.15, 0.2) is 0 Å². The number of carboxylic acids is 1. The average molecular weight is 493 g/mol. The highest BCUT2D eigenvalue weighted by Crippen LogP contribution is 2.28. The van der Waals surface area contributed by atoms with E-state index < -0.39 is 5.97 Å². The summed E-state index contributed by atoms with van der Waals surface area (Å²) in [4.78, 5) is 19.4. The van der Waals surface area contributed by atoms with Crippen molar-refractivity contribution < 1.29 is 9.90 Å². The van der Waals surface area contributed by atoms with Gasteiger partial charge in [-0.3, -0.25) is 4.79 Å². The third-order valence-electron chi connectivity index (χ3n) is 4.60. The molecule has 0 spiro atoms. The number of carboxylic acid groups (broad SMARTS) is 1. The molecule has 4 nitrogen and oxygen atoms in total. The van der Waals surface area contributed by atoms with E-state index in [1.807, 2.05) is 36.4 Å². The van der Waals surface area contributed by atoms with Crippen molar-refractivity contribution in [3.8, 4) is 0 Å². The number of hydrogen-bond donors (Lipinski definition) is 2. The van der Waals surface area contributed by atoms with E-state index >= 15 is 0 Å². The summed E-state index contributed by atoms with van der Waals surface area (Å²) < 4.78 is 1.13. The minimum Gasteiger partial charge on any atom is -0.481 e. The Kier molecular flexibility index (Phi) is 6.01. The first kappa shape index (κ1) is 19.6. The molecule has 0 saturated carbocycles. The lowest BCUT2D eigenvalue weighted by molar-refractivity contribution is -0.137. The van der Waals surface area contributed by atoms with Crippen LogP contribution in [0.25, 0.3) is 21.8 Å². The quantitative estimate of drug-likeness (QED) is 0.359. The number of rotatable bonds is 5. The fourth-order valence-electron chi connectivity index (χ4n) is 3.34. The lowest BCUT2D eigenvalue weighted by Crippen LogP contribution is -2.10. The summed E-state index contributed by atoms with van der Waals surface area (Å²) in [6.45, 7) is 0. The summed E-state index contributed by atoms with van der Waals surface area (Å²) in [7, 11) is 0. The van der Waals surface area contributed by atoms with E-state index in [-0.39, 0.29) is 24.7 Å². The number of benzene rings is 3. The molecule has 0 aliphatic carbocycles. The Bertz CT molecular complexity index is 1110. The van der Waals surface area contributed by atoms with Gasteiger partial charge >= 0.3 is 5.97 Å². The third-order valence-corrected chi connectivity index (χ3v) is 5.27. The second kappa shape index (κ2) is 8.27. The van der Waals surface area contributed by atoms with Crippen molar-refractivity contribution in [2.75, 3.05) is 0 Å². The molecule has 0 saturated heterocycles. The van der Waals surface area contributed by atoms with Crippen molar-refractivity contribution in [3.63, 3.8) is 0 Å². The van der Waals surface area contributed by atoms with Gasteiger partial charge in [-0.2, -0.15) is 0 Å². The molecular formula is C21H18ClIN2O2. The molecule has 0 bridgehead atoms. The van der Waals surface area contributed by atoms with Gasteiger partial charge < -0.3 is 10.1 Å². The molecule has 2 N–H and O–H groups in total. The van der Waals surface area contributed by atoms with Gasteiger partial charge in [-0.05, 0) is 57.1 Å². The molecule has 1 aromatic heterocycles. The van der Waals surface area contributed by atoms with Crippen molar-refractivity contribution in [1.29, 1.82) is 0 Å². The van der Waals surface area contributed by atoms with E-state index in [2.05, 4.69) is 56.8 Å². The zero-order chi connectivity index (χ0) is 18.1. The van der Waals surface area contributed by atoms with Crippen LogP contribution >= 0.6 is 35.0 Å². The molecular weight excluding hydrogens is 475 g/mol. The molecule has 27 heavy (non-hydrogen) atoms. The predicted molar refractivity (Wildman–Crippen MR) is 119 cm³/mol. The fourth-order valence-corrected chi connectivity index (χ4v) is 3.82. The van der Waals surface area contributed by atoms with Crippen molar-refractivity contribution in [2.24, 2.45) is 0 Å². The Morgan fingerprint density at radius 1 is 1.07 bits per heavy atom. The smallest absolute Gasteiger partial charge is 0.303 e. The number of H-pyrrole nitrogens is 1. The molecule has 1 atom stereocenters. The van der Waals surface area contributed by atoms with Crippen molar-refractivity contribution in [2.45, 2.75) is 18.8 Å². The van der Waals surface area contributed by atoms with Crippen LogP contribution in [0.15, 0.2) is 60.7 Å². The normalized spacial score (nSPS) is 12.0. The van der Waals surface area contributed by atoms with Crippen molar-refractivity contribution in [3.05, 3.63) is 75.6 Å². The van der Waals surface area contributed by atoms with Gasteiger partial charge in [-0.15, -0.1) is 12.4 Å². The Labute approximate surface area is 176 Å². The Morgan fingerprint density at radius 2 is 1.85 bits per heavy atom. The lowest BCUT2D eigenvalue weighted by Gasteiger charge is -2.15. The van der Waals surface area contributed by atoms with Crippen LogP contribution in [0.1, 0.15) is 23.7 Å². The van der Waals surface area contributed by atoms with Crippen LogP contribution in [0.4, 0.5) is 0 Å². The number of imidazole rings is 1. The number of hydrogen-bond acceptors (Lipinski definition) is 2. The second-order valence-electron chi connectivity index (χ2n) is 6.45. The summed E-state index contributed by atoms with van der Waals surface area (Å²) in [5.74, 6) is -0.105. The maximum absolute atomic E-state index is 11.4. The number of halogens is 2. The third kappa shape index (κ3) is 4.42. The first-order valence-electron chi connectivity index (χ1n) is 8.43. The lowest BCUT2D eigenvalue weighted by atomic mass is 9.90. The second-order valence-corrected chi connectivity index (χ2v) is 7.70. The number of aromatic nitrogens is 2. The molecule has 6 heteroatoms. The van der Waals surface area contributed by atoms with E-state index in [1.165, 1.54) is 0 Å². The topological polar surface area (TPSA) is 66.0 Å². The van der Waals surface area contributed by atoms with E-state index in [9.17, 15) is 9.90 Å². The maximum atomic E-state index is 11.4. The molecule has 3 aromatic carbocycles. The Balaban J connectivity index is 0.00000210. The van der Waals surface area contributed by atoms with Crippen LogP contribution < -0.4 is 0 Å². The first-order valence-corrected chi connectivity index (χ1v) is 9.51. The maximum Gasteiger partial charge on any atom is 0.303 e. The van der Waals surface area contributed by atoms with Crippen LogP contribution in [-0.2, 0) is 11.2 Å². The summed E-state index contributed by atoms with van der Waals surface area (Å²) in [6.07, 6.45) is 0.642. The van der Waals surface area contributed by atoms with Gasteiger partial charge in [0.25, 0.3) is 0 Å². The Morgan fingerprint density at radius 3 is 2.63 bits per heavy atom. The predicted octanol–water partition coefficient (Wildman–Crippen LogP) is 5.54. The highest BCUT2D eigenvalue weighted by atomic mass is 127. The minimum absolute atomic E-state index is 0. The minimum atomic E-state index is -0.797. The van der Waals surface area contributed by atoms with Crippen molar-refractivity contribution in [1.82, 2.24) is 9.97 Å². The van der Waals surface area contributed by atoms with Gasteiger partial charge in [0.05, 0.1) is 17.5 Å². The zero-order valence-electron chi connectivity index (χ0n) is 14.4. The highest BCUT2D eigenvalue weighted by molar-refractivity contribution is 14.1. The summed E-state index contributed by atoms with van der Waals surface area (Å²) in [5.41, 5.74) is 2.92. The fraction of sp³-hybridized carbons (Fsp3) is 0.143. The van der Waals surface area contributed by atoms with E-state index in [0.29, 0.717) is 6.42 Å². The van der Waals surface area contributed by atoms with E-state index in [1.54, 1.807) is 0 Å². The van der Waals surface area contributed by atoms with Crippen LogP contribution in [0.2, 0.25) is 0 Å². The number of carbonyl (C=O) groups is 1. The van der Waals surface area contributed by atoms with Crippen molar-refractivity contribution >= 4 is 62.8 Å². The van der Waals surface area contributed by atoms with Crippen LogP contribution in [0, 0.1) is 3.57 Å². The molecule has 0 radical (unpaired) electrons. The molecule has 1 heterocycles. The molecule has 138 valence electrons. The molecule has 4 aromatic rings. The molecule has 0 aliphatic rings. The first-order chi connectivity index (χ1) is 12.6. The van der Waals surface area contributed by atoms with Gasteiger partial charge in [0.1, 0.15) is 5.82 Å². The highest BCUT2D eigenvalue weighted by Gasteiger charge is 2.19. The van der Waals surface area contributed by atoms with Gasteiger partial charge in [-0.1, -0.05) is 42.5 Å². The SMILES string of the molecule is Cl.O=C(O)CC(Cc1nc2cc(I)ccc2[nH]1)c1ccc2ccccc2c1. The average Bonchev–Trinajstić information content (AvgIpc) is 3.01. The number of aliphatic carboxylic acids is 1. The number of fused-ring (bicyclic) bond motifs is 2. The van der Waals surface area contributed by atoms with Gasteiger partial charge in [0, 0.05) is 15.9 Å². The molecule has 0 aliphatic heterocycles. The standard InChI is InChI=1S/C21H17IN2O2.ClH/c22-17-7-8-18-19(12-17)24-20(23-18)10-16(11-21(25)26)15-6-5-13-3-1-2-4-14(13)9-15;/h1-9,12,16H,10-11H2,(H,23,24)(H,25,26);1H. The van der Waals surface area contributed by atoms with E-state index in [4.69, 9.17) is 0 Å². The zero-order valence-corrected chi connectivity index (χ0v) is 17.3. The summed E-state index contributed by atoms with van der Waals surface area (Å²) in [5, 5.41) is 11.7. The van der Waals surface area contributed by atoms with Gasteiger partial charge in [0.2, 0.25) is 0 Å². The summed E-state index contributed by atoms with van der Waals surface area (Å²) >= 11 is 2.26. The van der Waals surface area contributed by atoms with Crippen LogP contribution in [0.5, 0.6) is 0 Å². The molecule has 0 amide bonds. The number of aromatic amines is 1. The molecule has 4 rings (SSSR count). The van der Waals surface area contributed by atoms with Gasteiger partial charge in [-0.25, -0.2) is 4.98 Å². The van der Waals surface area contributed by atoms with E-state index in [0.717, 1.165) is 36.8 Å². The summed E-state index contributed by atoms with van der Waals surface area (Å²) in [6, 6.07) is 20.4. The number of nitrogens with zero attached hydrogens (tertiary/aromatic N) is 1. The van der Waals surface area contributed by atoms with Crippen LogP contribution in [-0.4, -0.2) is 21.0 Å². The Hall–Kier alpha value is -2.12. The monoisotopic (exact) mass is 492 g/mol.